The van der Waals surface area contributed by atoms with Crippen molar-refractivity contribution in [3.63, 3.8) is 0 Å². The molecule has 2 rings (SSSR count). The highest BCUT2D eigenvalue weighted by Gasteiger charge is 2.10. The van der Waals surface area contributed by atoms with Gasteiger partial charge in [-0.05, 0) is 39.4 Å². The molecule has 4 nitrogen and oxygen atoms in total. The first-order valence-electron chi connectivity index (χ1n) is 6.42. The van der Waals surface area contributed by atoms with Gasteiger partial charge in [-0.1, -0.05) is 12.1 Å². The zero-order valence-corrected chi connectivity index (χ0v) is 11.6. The van der Waals surface area contributed by atoms with Crippen LogP contribution in [-0.2, 0) is 6.54 Å². The molecular formula is C14H22N4. The first kappa shape index (κ1) is 12.9. The number of nitrogens with two attached hydrogens (primary N) is 1. The summed E-state index contributed by atoms with van der Waals surface area (Å²) >= 11 is 0. The molecule has 0 spiro atoms. The van der Waals surface area contributed by atoms with Crippen molar-refractivity contribution in [2.24, 2.45) is 0 Å². The Morgan fingerprint density at radius 2 is 2.11 bits per heavy atom. The summed E-state index contributed by atoms with van der Waals surface area (Å²) < 4.78 is 2.10. The number of nitrogens with zero attached hydrogens (tertiary/aromatic N) is 3. The number of hydrogen-bond donors (Lipinski definition) is 1. The largest absolute Gasteiger partial charge is 0.369 e. The normalized spacial score (nSPS) is 11.9. The van der Waals surface area contributed by atoms with E-state index in [4.69, 9.17) is 5.73 Å². The van der Waals surface area contributed by atoms with E-state index in [0.717, 1.165) is 24.1 Å². The van der Waals surface area contributed by atoms with Crippen LogP contribution in [0.3, 0.4) is 0 Å². The quantitative estimate of drug-likeness (QED) is 0.900. The number of para-hydroxylation sites is 1. The van der Waals surface area contributed by atoms with Crippen molar-refractivity contribution in [3.8, 4) is 0 Å². The lowest BCUT2D eigenvalue weighted by atomic mass is 10.2. The Bertz CT molecular complexity index is 542. The molecule has 0 unspecified atom stereocenters. The zero-order chi connectivity index (χ0) is 13.3. The Labute approximate surface area is 108 Å². The molecule has 0 aliphatic rings. The summed E-state index contributed by atoms with van der Waals surface area (Å²) in [5.41, 5.74) is 9.34. The average molecular weight is 246 g/mol. The third kappa shape index (κ3) is 2.34. The summed E-state index contributed by atoms with van der Waals surface area (Å²) in [6, 6.07) is 6.75. The number of aromatic nitrogens is 2. The van der Waals surface area contributed by atoms with Gasteiger partial charge in [0.2, 0.25) is 5.95 Å². The molecule has 0 saturated heterocycles. The number of imidazole rings is 1. The van der Waals surface area contributed by atoms with Gasteiger partial charge in [-0.25, -0.2) is 4.98 Å². The van der Waals surface area contributed by atoms with Crippen molar-refractivity contribution < 1.29 is 0 Å². The SMILES string of the molecule is Cc1cccc2c1nc(N)n2CCN(C)C(C)C. The maximum atomic E-state index is 6.02. The highest BCUT2D eigenvalue weighted by Crippen LogP contribution is 2.20. The van der Waals surface area contributed by atoms with E-state index >= 15 is 0 Å². The lowest BCUT2D eigenvalue weighted by Crippen LogP contribution is -2.29. The van der Waals surface area contributed by atoms with Crippen LogP contribution in [0.2, 0.25) is 0 Å². The molecule has 1 aromatic carbocycles. The summed E-state index contributed by atoms with van der Waals surface area (Å²) in [4.78, 5) is 6.76. The molecular weight excluding hydrogens is 224 g/mol. The number of fused-ring (bicyclic) bond motifs is 1. The zero-order valence-electron chi connectivity index (χ0n) is 11.6. The van der Waals surface area contributed by atoms with Crippen LogP contribution in [-0.4, -0.2) is 34.1 Å². The Balaban J connectivity index is 2.28. The Hall–Kier alpha value is -1.55. The molecule has 4 heteroatoms. The van der Waals surface area contributed by atoms with Gasteiger partial charge in [0.05, 0.1) is 11.0 Å². The molecule has 0 radical (unpaired) electrons. The monoisotopic (exact) mass is 246 g/mol. The molecule has 0 fully saturated rings. The summed E-state index contributed by atoms with van der Waals surface area (Å²) in [6.07, 6.45) is 0. The van der Waals surface area contributed by atoms with E-state index in [1.54, 1.807) is 0 Å². The second-order valence-corrected chi connectivity index (χ2v) is 5.14. The maximum absolute atomic E-state index is 6.02. The topological polar surface area (TPSA) is 47.1 Å². The molecule has 1 aromatic heterocycles. The van der Waals surface area contributed by atoms with Gasteiger partial charge >= 0.3 is 0 Å². The number of rotatable bonds is 4. The predicted octanol–water partition coefficient (Wildman–Crippen LogP) is 2.27. The molecule has 2 aromatic rings. The maximum Gasteiger partial charge on any atom is 0.201 e. The van der Waals surface area contributed by atoms with Crippen LogP contribution in [0.25, 0.3) is 11.0 Å². The minimum atomic E-state index is 0.544. The Kier molecular flexibility index (Phi) is 3.57. The van der Waals surface area contributed by atoms with Crippen LogP contribution in [0.5, 0.6) is 0 Å². The smallest absolute Gasteiger partial charge is 0.201 e. The Morgan fingerprint density at radius 3 is 2.78 bits per heavy atom. The summed E-state index contributed by atoms with van der Waals surface area (Å²) in [7, 11) is 2.13. The molecule has 2 N–H and O–H groups in total. The van der Waals surface area contributed by atoms with Gasteiger partial charge in [-0.3, -0.25) is 0 Å². The van der Waals surface area contributed by atoms with Crippen molar-refractivity contribution in [1.82, 2.24) is 14.5 Å². The van der Waals surface area contributed by atoms with Crippen molar-refractivity contribution in [2.75, 3.05) is 19.3 Å². The molecule has 98 valence electrons. The number of benzene rings is 1. The van der Waals surface area contributed by atoms with Crippen molar-refractivity contribution >= 4 is 17.0 Å². The van der Waals surface area contributed by atoms with Crippen LogP contribution in [0, 0.1) is 6.92 Å². The van der Waals surface area contributed by atoms with E-state index in [1.807, 2.05) is 0 Å². The van der Waals surface area contributed by atoms with Crippen molar-refractivity contribution in [2.45, 2.75) is 33.4 Å². The van der Waals surface area contributed by atoms with Gasteiger partial charge in [0.1, 0.15) is 0 Å². The minimum Gasteiger partial charge on any atom is -0.369 e. The molecule has 0 atom stereocenters. The van der Waals surface area contributed by atoms with Gasteiger partial charge in [0, 0.05) is 19.1 Å². The number of anilines is 1. The summed E-state index contributed by atoms with van der Waals surface area (Å²) in [5, 5.41) is 0. The number of likely N-dealkylation sites (N-methyl/N-ethyl adjacent to an activating group) is 1. The van der Waals surface area contributed by atoms with E-state index < -0.39 is 0 Å². The second-order valence-electron chi connectivity index (χ2n) is 5.14. The van der Waals surface area contributed by atoms with Crippen molar-refractivity contribution in [1.29, 1.82) is 0 Å². The lowest BCUT2D eigenvalue weighted by Gasteiger charge is -2.21. The molecule has 0 aliphatic heterocycles. The first-order valence-corrected chi connectivity index (χ1v) is 6.42. The van der Waals surface area contributed by atoms with Crippen LogP contribution >= 0.6 is 0 Å². The fraction of sp³-hybridized carbons (Fsp3) is 0.500. The Morgan fingerprint density at radius 1 is 1.39 bits per heavy atom. The van der Waals surface area contributed by atoms with E-state index in [-0.39, 0.29) is 0 Å². The van der Waals surface area contributed by atoms with E-state index in [1.165, 1.54) is 5.56 Å². The van der Waals surface area contributed by atoms with Gasteiger partial charge in [-0.2, -0.15) is 0 Å². The molecule has 0 aliphatic carbocycles. The molecule has 0 amide bonds. The number of aryl methyl sites for hydroxylation is 1. The molecule has 18 heavy (non-hydrogen) atoms. The fourth-order valence-electron chi connectivity index (χ4n) is 2.06. The number of nitrogen functional groups attached to an aromatic ring is 1. The minimum absolute atomic E-state index is 0.544. The van der Waals surface area contributed by atoms with Crippen LogP contribution in [0.15, 0.2) is 18.2 Å². The van der Waals surface area contributed by atoms with E-state index in [9.17, 15) is 0 Å². The first-order chi connectivity index (χ1) is 8.50. The second kappa shape index (κ2) is 4.98. The summed E-state index contributed by atoms with van der Waals surface area (Å²) in [6.45, 7) is 8.31. The predicted molar refractivity (Wildman–Crippen MR) is 76.6 cm³/mol. The van der Waals surface area contributed by atoms with Gasteiger partial charge in [-0.15, -0.1) is 0 Å². The third-order valence-corrected chi connectivity index (χ3v) is 3.57. The highest BCUT2D eigenvalue weighted by atomic mass is 15.2. The van der Waals surface area contributed by atoms with E-state index in [2.05, 4.69) is 60.5 Å². The third-order valence-electron chi connectivity index (χ3n) is 3.57. The standard InChI is InChI=1S/C14H22N4/c1-10(2)17(4)8-9-18-12-7-5-6-11(3)13(12)16-14(18)15/h5-7,10H,8-9H2,1-4H3,(H2,15,16). The van der Waals surface area contributed by atoms with Gasteiger partial charge in [0.15, 0.2) is 0 Å². The number of hydrogen-bond acceptors (Lipinski definition) is 3. The van der Waals surface area contributed by atoms with Gasteiger partial charge in [0.25, 0.3) is 0 Å². The van der Waals surface area contributed by atoms with E-state index in [0.29, 0.717) is 12.0 Å². The molecule has 1 heterocycles. The van der Waals surface area contributed by atoms with Crippen molar-refractivity contribution in [3.05, 3.63) is 23.8 Å². The molecule has 0 saturated carbocycles. The highest BCUT2D eigenvalue weighted by molar-refractivity contribution is 5.81. The fourth-order valence-corrected chi connectivity index (χ4v) is 2.06. The van der Waals surface area contributed by atoms with Crippen LogP contribution in [0.1, 0.15) is 19.4 Å². The molecule has 0 bridgehead atoms. The van der Waals surface area contributed by atoms with Gasteiger partial charge < -0.3 is 15.2 Å². The average Bonchev–Trinajstić information content (AvgIpc) is 2.64. The lowest BCUT2D eigenvalue weighted by molar-refractivity contribution is 0.264. The van der Waals surface area contributed by atoms with Crippen LogP contribution in [0.4, 0.5) is 5.95 Å². The van der Waals surface area contributed by atoms with Crippen LogP contribution < -0.4 is 5.73 Å². The summed E-state index contributed by atoms with van der Waals surface area (Å²) in [5.74, 6) is 0.608.